The number of hydrogen-bond donors (Lipinski definition) is 3. The second-order valence-corrected chi connectivity index (χ2v) is 7.25. The van der Waals surface area contributed by atoms with Crippen molar-refractivity contribution >= 4 is 23.5 Å². The first-order valence-corrected chi connectivity index (χ1v) is 9.45. The van der Waals surface area contributed by atoms with Gasteiger partial charge in [-0.2, -0.15) is 26.3 Å². The maximum Gasteiger partial charge on any atom is 0.490 e. The summed E-state index contributed by atoms with van der Waals surface area (Å²) in [4.78, 5) is 23.3. The molecule has 0 fully saturated rings. The van der Waals surface area contributed by atoms with Crippen LogP contribution < -0.4 is 4.74 Å². The Hall–Kier alpha value is -3.06. The molecule has 0 spiro atoms. The predicted octanol–water partition coefficient (Wildman–Crippen LogP) is 4.69. The Morgan fingerprint density at radius 3 is 2.06 bits per heavy atom. The first kappa shape index (κ1) is 29.0. The normalized spacial score (nSPS) is 14.3. The van der Waals surface area contributed by atoms with Crippen LogP contribution in [0.25, 0.3) is 0 Å². The third-order valence-corrected chi connectivity index (χ3v) is 4.77. The molecule has 0 aliphatic heterocycles. The molecule has 2 rings (SSSR count). The SMILES string of the molecule is Cc1cc(C(O)(C(C)c2ccc(OCC(=O)O)cc2Cl)C(F)(F)F)ccn1.O=C(O)C(F)(F)F. The third-order valence-electron chi connectivity index (χ3n) is 4.44. The van der Waals surface area contributed by atoms with Crippen LogP contribution in [0.15, 0.2) is 36.5 Å². The van der Waals surface area contributed by atoms with Crippen molar-refractivity contribution in [3.8, 4) is 5.75 Å². The van der Waals surface area contributed by atoms with E-state index in [0.717, 1.165) is 6.07 Å². The van der Waals surface area contributed by atoms with Crippen LogP contribution in [-0.4, -0.2) is 51.2 Å². The van der Waals surface area contributed by atoms with E-state index in [1.165, 1.54) is 44.3 Å². The number of aromatic nitrogens is 1. The summed E-state index contributed by atoms with van der Waals surface area (Å²) in [5, 5.41) is 26.4. The second kappa shape index (κ2) is 10.9. The molecule has 0 amide bonds. The molecule has 0 saturated carbocycles. The van der Waals surface area contributed by atoms with Crippen molar-refractivity contribution in [2.24, 2.45) is 0 Å². The molecule has 2 atom stereocenters. The van der Waals surface area contributed by atoms with Crippen molar-refractivity contribution in [2.75, 3.05) is 6.61 Å². The van der Waals surface area contributed by atoms with Crippen LogP contribution in [0, 0.1) is 6.92 Å². The molecule has 0 aliphatic carbocycles. The molecule has 3 N–H and O–H groups in total. The number of hydrogen-bond acceptors (Lipinski definition) is 5. The molecular formula is C20H18ClF6NO6. The number of rotatable bonds is 6. The summed E-state index contributed by atoms with van der Waals surface area (Å²) in [6.45, 7) is 2.11. The first-order chi connectivity index (χ1) is 15.4. The smallest absolute Gasteiger partial charge is 0.482 e. The number of aliphatic carboxylic acids is 2. The van der Waals surface area contributed by atoms with Crippen LogP contribution in [0.2, 0.25) is 5.02 Å². The van der Waals surface area contributed by atoms with Crippen LogP contribution in [0.4, 0.5) is 26.3 Å². The highest BCUT2D eigenvalue weighted by Crippen LogP contribution is 2.50. The van der Waals surface area contributed by atoms with Crippen molar-refractivity contribution in [1.29, 1.82) is 0 Å². The number of ether oxygens (including phenoxy) is 1. The Kier molecular flexibility index (Phi) is 9.30. The summed E-state index contributed by atoms with van der Waals surface area (Å²) in [5.41, 5.74) is -3.19. The van der Waals surface area contributed by atoms with Crippen molar-refractivity contribution in [3.63, 3.8) is 0 Å². The Labute approximate surface area is 193 Å². The average Bonchev–Trinajstić information content (AvgIpc) is 2.70. The molecule has 2 unspecified atom stereocenters. The number of aliphatic hydroxyl groups is 1. The molecule has 1 aromatic carbocycles. The zero-order chi connectivity index (χ0) is 26.5. The molecule has 0 radical (unpaired) electrons. The highest BCUT2D eigenvalue weighted by atomic mass is 35.5. The fourth-order valence-electron chi connectivity index (χ4n) is 2.76. The third kappa shape index (κ3) is 7.22. The van der Waals surface area contributed by atoms with Gasteiger partial charge in [-0.25, -0.2) is 9.59 Å². The van der Waals surface area contributed by atoms with Crippen molar-refractivity contribution in [2.45, 2.75) is 37.7 Å². The lowest BCUT2D eigenvalue weighted by molar-refractivity contribution is -0.274. The molecular weight excluding hydrogens is 500 g/mol. The highest BCUT2D eigenvalue weighted by Gasteiger charge is 2.59. The minimum absolute atomic E-state index is 0.0358. The fraction of sp³-hybridized carbons (Fsp3) is 0.350. The lowest BCUT2D eigenvalue weighted by Gasteiger charge is -2.37. The number of carboxylic acid groups (broad SMARTS) is 2. The van der Waals surface area contributed by atoms with Gasteiger partial charge in [0.1, 0.15) is 5.75 Å². The van der Waals surface area contributed by atoms with Gasteiger partial charge in [-0.05, 0) is 42.3 Å². The van der Waals surface area contributed by atoms with Crippen LogP contribution in [0.3, 0.4) is 0 Å². The average molecular weight is 518 g/mol. The van der Waals surface area contributed by atoms with Crippen molar-refractivity contribution in [1.82, 2.24) is 4.98 Å². The van der Waals surface area contributed by atoms with Gasteiger partial charge in [0.05, 0.1) is 0 Å². The summed E-state index contributed by atoms with van der Waals surface area (Å²) in [7, 11) is 0. The molecule has 0 aliphatic rings. The maximum atomic E-state index is 13.9. The molecule has 2 aromatic rings. The molecule has 0 bridgehead atoms. The van der Waals surface area contributed by atoms with E-state index in [1.807, 2.05) is 0 Å². The van der Waals surface area contributed by atoms with Crippen LogP contribution >= 0.6 is 11.6 Å². The Morgan fingerprint density at radius 2 is 1.65 bits per heavy atom. The summed E-state index contributed by atoms with van der Waals surface area (Å²) in [6.07, 6.45) is -8.87. The highest BCUT2D eigenvalue weighted by molar-refractivity contribution is 6.31. The monoisotopic (exact) mass is 517 g/mol. The lowest BCUT2D eigenvalue weighted by atomic mass is 9.78. The maximum absolute atomic E-state index is 13.9. The van der Waals surface area contributed by atoms with E-state index >= 15 is 0 Å². The largest absolute Gasteiger partial charge is 0.490 e. The summed E-state index contributed by atoms with van der Waals surface area (Å²) < 4.78 is 78.3. The topological polar surface area (TPSA) is 117 Å². The number of alkyl halides is 6. The van der Waals surface area contributed by atoms with Gasteiger partial charge in [0.2, 0.25) is 0 Å². The molecule has 188 valence electrons. The van der Waals surface area contributed by atoms with Gasteiger partial charge in [0, 0.05) is 22.8 Å². The van der Waals surface area contributed by atoms with E-state index in [9.17, 15) is 36.2 Å². The van der Waals surface area contributed by atoms with Crippen LogP contribution in [0.5, 0.6) is 5.75 Å². The summed E-state index contributed by atoms with van der Waals surface area (Å²) in [5.74, 6) is -5.33. The molecule has 14 heteroatoms. The zero-order valence-corrected chi connectivity index (χ0v) is 18.2. The molecule has 7 nitrogen and oxygen atoms in total. The first-order valence-electron chi connectivity index (χ1n) is 9.07. The molecule has 1 aromatic heterocycles. The van der Waals surface area contributed by atoms with E-state index in [1.54, 1.807) is 0 Å². The minimum Gasteiger partial charge on any atom is -0.482 e. The second-order valence-electron chi connectivity index (χ2n) is 6.84. The molecule has 34 heavy (non-hydrogen) atoms. The minimum atomic E-state index is -5.08. The summed E-state index contributed by atoms with van der Waals surface area (Å²) >= 11 is 6.10. The number of pyridine rings is 1. The Bertz CT molecular complexity index is 1030. The van der Waals surface area contributed by atoms with Gasteiger partial charge >= 0.3 is 24.3 Å². The number of halogens is 7. The number of benzene rings is 1. The Balaban J connectivity index is 0.000000718. The van der Waals surface area contributed by atoms with Crippen molar-refractivity contribution < 1.29 is 56.0 Å². The van der Waals surface area contributed by atoms with Gasteiger partial charge in [0.15, 0.2) is 12.2 Å². The number of aryl methyl sites for hydroxylation is 1. The predicted molar refractivity (Wildman–Crippen MR) is 106 cm³/mol. The van der Waals surface area contributed by atoms with E-state index in [0.29, 0.717) is 5.69 Å². The van der Waals surface area contributed by atoms with Gasteiger partial charge < -0.3 is 20.1 Å². The van der Waals surface area contributed by atoms with Gasteiger partial charge in [-0.1, -0.05) is 24.6 Å². The van der Waals surface area contributed by atoms with Gasteiger partial charge in [-0.3, -0.25) is 4.98 Å². The quantitative estimate of drug-likeness (QED) is 0.476. The lowest BCUT2D eigenvalue weighted by Crippen LogP contribution is -2.46. The van der Waals surface area contributed by atoms with E-state index in [2.05, 4.69) is 4.98 Å². The zero-order valence-electron chi connectivity index (χ0n) is 17.4. The van der Waals surface area contributed by atoms with Crippen LogP contribution in [-0.2, 0) is 15.2 Å². The number of carboxylic acids is 2. The van der Waals surface area contributed by atoms with E-state index in [-0.39, 0.29) is 21.9 Å². The number of carbonyl (C=O) groups is 2. The van der Waals surface area contributed by atoms with Crippen LogP contribution in [0.1, 0.15) is 29.7 Å². The van der Waals surface area contributed by atoms with Gasteiger partial charge in [0.25, 0.3) is 0 Å². The van der Waals surface area contributed by atoms with Crippen molar-refractivity contribution in [3.05, 3.63) is 58.4 Å². The fourth-order valence-corrected chi connectivity index (χ4v) is 3.09. The Morgan fingerprint density at radius 1 is 1.09 bits per heavy atom. The molecule has 0 saturated heterocycles. The van der Waals surface area contributed by atoms with Gasteiger partial charge in [-0.15, -0.1) is 0 Å². The van der Waals surface area contributed by atoms with E-state index in [4.69, 9.17) is 31.3 Å². The number of nitrogens with zero attached hydrogens (tertiary/aromatic N) is 1. The summed E-state index contributed by atoms with van der Waals surface area (Å²) in [6, 6.07) is 6.06. The standard InChI is InChI=1S/C18H17ClF3NO4.C2HF3O2/c1-10-7-12(5-6-23-10)17(26,18(20,21)22)11(2)14-4-3-13(8-15(14)19)27-9-16(24)25;3-2(4,5)1(6)7/h3-8,11,26H,9H2,1-2H3,(H,24,25);(H,6,7). The molecule has 1 heterocycles. The van der Waals surface area contributed by atoms with E-state index < -0.39 is 42.4 Å².